The summed E-state index contributed by atoms with van der Waals surface area (Å²) in [5.41, 5.74) is 2.20. The lowest BCUT2D eigenvalue weighted by atomic mass is 9.84. The number of amides is 2. The Kier molecular flexibility index (Phi) is 7.16. The number of benzene rings is 2. The maximum Gasteiger partial charge on any atom is 0.254 e. The lowest BCUT2D eigenvalue weighted by Gasteiger charge is -2.33. The highest BCUT2D eigenvalue weighted by Gasteiger charge is 2.47. The van der Waals surface area contributed by atoms with Crippen LogP contribution in [0.15, 0.2) is 73.1 Å². The third-order valence-corrected chi connectivity index (χ3v) is 7.22. The number of aromatic nitrogens is 1. The van der Waals surface area contributed by atoms with E-state index in [1.54, 1.807) is 37.7 Å². The average Bonchev–Trinajstić information content (AvgIpc) is 3.32. The molecule has 3 unspecified atom stereocenters. The molecule has 5 rings (SSSR count). The summed E-state index contributed by atoms with van der Waals surface area (Å²) in [6, 6.07) is 18.0. The number of rotatable bonds is 7. The molecule has 2 aromatic carbocycles. The highest BCUT2D eigenvalue weighted by atomic mass is 16.5. The van der Waals surface area contributed by atoms with E-state index < -0.39 is 6.04 Å². The SMILES string of the molecule is COc1ccc(NC(=O)C2CC3CCCCC3N2C(=O)c2ccccc2)cc1OCc1ccncc1. The number of nitrogens with zero attached hydrogens (tertiary/aromatic N) is 2. The number of carbonyl (C=O) groups is 2. The Bertz CT molecular complexity index is 1200. The third-order valence-electron chi connectivity index (χ3n) is 7.22. The van der Waals surface area contributed by atoms with Crippen LogP contribution in [0.2, 0.25) is 0 Å². The van der Waals surface area contributed by atoms with Crippen LogP contribution in [0.5, 0.6) is 11.5 Å². The van der Waals surface area contributed by atoms with Crippen molar-refractivity contribution in [1.82, 2.24) is 9.88 Å². The molecule has 1 aliphatic heterocycles. The molecule has 3 aromatic rings. The Labute approximate surface area is 211 Å². The number of ether oxygens (including phenoxy) is 2. The number of fused-ring (bicyclic) bond motifs is 1. The van der Waals surface area contributed by atoms with Crippen molar-refractivity contribution in [3.63, 3.8) is 0 Å². The van der Waals surface area contributed by atoms with Crippen molar-refractivity contribution in [2.75, 3.05) is 12.4 Å². The Morgan fingerprint density at radius 1 is 1.00 bits per heavy atom. The zero-order valence-corrected chi connectivity index (χ0v) is 20.4. The molecule has 7 nitrogen and oxygen atoms in total. The van der Waals surface area contributed by atoms with Crippen LogP contribution in [0.25, 0.3) is 0 Å². The second kappa shape index (κ2) is 10.8. The smallest absolute Gasteiger partial charge is 0.254 e. The van der Waals surface area contributed by atoms with Crippen molar-refractivity contribution in [2.45, 2.75) is 50.8 Å². The number of pyridine rings is 1. The quantitative estimate of drug-likeness (QED) is 0.505. The summed E-state index contributed by atoms with van der Waals surface area (Å²) in [7, 11) is 1.58. The monoisotopic (exact) mass is 485 g/mol. The van der Waals surface area contributed by atoms with Crippen molar-refractivity contribution in [3.8, 4) is 11.5 Å². The van der Waals surface area contributed by atoms with E-state index in [4.69, 9.17) is 9.47 Å². The van der Waals surface area contributed by atoms with E-state index in [9.17, 15) is 9.59 Å². The molecule has 2 fully saturated rings. The molecule has 1 saturated heterocycles. The Morgan fingerprint density at radius 3 is 2.56 bits per heavy atom. The number of hydrogen-bond acceptors (Lipinski definition) is 5. The number of hydrogen-bond donors (Lipinski definition) is 1. The summed E-state index contributed by atoms with van der Waals surface area (Å²) in [4.78, 5) is 33.0. The molecule has 1 saturated carbocycles. The van der Waals surface area contributed by atoms with Gasteiger partial charge in [-0.2, -0.15) is 0 Å². The summed E-state index contributed by atoms with van der Waals surface area (Å²) in [6.45, 7) is 0.349. The lowest BCUT2D eigenvalue weighted by molar-refractivity contribution is -0.120. The van der Waals surface area contributed by atoms with Gasteiger partial charge in [0.05, 0.1) is 7.11 Å². The van der Waals surface area contributed by atoms with Crippen LogP contribution in [-0.4, -0.2) is 40.9 Å². The van der Waals surface area contributed by atoms with Gasteiger partial charge in [0.15, 0.2) is 11.5 Å². The van der Waals surface area contributed by atoms with Crippen molar-refractivity contribution in [3.05, 3.63) is 84.2 Å². The van der Waals surface area contributed by atoms with Crippen LogP contribution in [0.1, 0.15) is 48.0 Å². The molecule has 0 bridgehead atoms. The van der Waals surface area contributed by atoms with Crippen LogP contribution >= 0.6 is 0 Å². The first-order chi connectivity index (χ1) is 17.6. The fourth-order valence-electron chi connectivity index (χ4n) is 5.45. The maximum atomic E-state index is 13.6. The van der Waals surface area contributed by atoms with Gasteiger partial charge in [0.1, 0.15) is 12.6 Å². The molecular weight excluding hydrogens is 454 g/mol. The average molecular weight is 486 g/mol. The van der Waals surface area contributed by atoms with E-state index >= 15 is 0 Å². The topological polar surface area (TPSA) is 80.8 Å². The van der Waals surface area contributed by atoms with Crippen molar-refractivity contribution in [2.24, 2.45) is 5.92 Å². The van der Waals surface area contributed by atoms with Crippen molar-refractivity contribution in [1.29, 1.82) is 0 Å². The van der Waals surface area contributed by atoms with Gasteiger partial charge in [-0.05, 0) is 67.1 Å². The predicted octanol–water partition coefficient (Wildman–Crippen LogP) is 5.08. The molecule has 186 valence electrons. The van der Waals surface area contributed by atoms with Gasteiger partial charge in [-0.3, -0.25) is 14.6 Å². The molecule has 2 aliphatic rings. The fraction of sp³-hybridized carbons (Fsp3) is 0.345. The second-order valence-electron chi connectivity index (χ2n) is 9.44. The van der Waals surface area contributed by atoms with E-state index in [1.165, 1.54) is 0 Å². The first-order valence-electron chi connectivity index (χ1n) is 12.5. The van der Waals surface area contributed by atoms with Gasteiger partial charge in [-0.15, -0.1) is 0 Å². The van der Waals surface area contributed by atoms with E-state index in [2.05, 4.69) is 10.3 Å². The Balaban J connectivity index is 1.35. The zero-order chi connectivity index (χ0) is 24.9. The molecule has 1 N–H and O–H groups in total. The number of likely N-dealkylation sites (tertiary alicyclic amines) is 1. The summed E-state index contributed by atoms with van der Waals surface area (Å²) in [5, 5.41) is 3.04. The van der Waals surface area contributed by atoms with Crippen molar-refractivity contribution < 1.29 is 19.1 Å². The molecule has 7 heteroatoms. The van der Waals surface area contributed by atoms with Crippen molar-refractivity contribution >= 4 is 17.5 Å². The maximum absolute atomic E-state index is 13.6. The molecule has 1 aromatic heterocycles. The number of carbonyl (C=O) groups excluding carboxylic acids is 2. The minimum absolute atomic E-state index is 0.0683. The largest absolute Gasteiger partial charge is 0.493 e. The van der Waals surface area contributed by atoms with Crippen LogP contribution in [-0.2, 0) is 11.4 Å². The van der Waals surface area contributed by atoms with Crippen LogP contribution in [0, 0.1) is 5.92 Å². The first-order valence-corrected chi connectivity index (χ1v) is 12.5. The van der Waals surface area contributed by atoms with Gasteiger partial charge in [0.25, 0.3) is 5.91 Å². The first kappa shape index (κ1) is 23.9. The van der Waals surface area contributed by atoms with E-state index in [0.29, 0.717) is 41.7 Å². The molecule has 2 heterocycles. The molecule has 0 spiro atoms. The fourth-order valence-corrected chi connectivity index (χ4v) is 5.45. The normalized spacial score (nSPS) is 20.9. The molecule has 2 amide bonds. The number of nitrogens with one attached hydrogen (secondary N) is 1. The van der Waals surface area contributed by atoms with Gasteiger partial charge < -0.3 is 19.7 Å². The van der Waals surface area contributed by atoms with Gasteiger partial charge in [0, 0.05) is 35.8 Å². The molecule has 3 atom stereocenters. The highest BCUT2D eigenvalue weighted by Crippen LogP contribution is 2.41. The number of anilines is 1. The summed E-state index contributed by atoms with van der Waals surface area (Å²) >= 11 is 0. The van der Waals surface area contributed by atoms with Crippen LogP contribution in [0.3, 0.4) is 0 Å². The highest BCUT2D eigenvalue weighted by molar-refractivity contribution is 6.02. The van der Waals surface area contributed by atoms with Gasteiger partial charge in [0.2, 0.25) is 5.91 Å². The van der Waals surface area contributed by atoms with Crippen LogP contribution < -0.4 is 14.8 Å². The second-order valence-corrected chi connectivity index (χ2v) is 9.44. The molecule has 1 aliphatic carbocycles. The standard InChI is InChI=1S/C29H31N3O4/c1-35-26-12-11-23(18-27(26)36-19-20-13-15-30-16-14-20)31-28(33)25-17-22-9-5-6-10-24(22)32(25)29(34)21-7-3-2-4-8-21/h2-4,7-8,11-16,18,22,24-25H,5-6,9-10,17,19H2,1H3,(H,31,33). The van der Waals surface area contributed by atoms with E-state index in [-0.39, 0.29) is 17.9 Å². The van der Waals surface area contributed by atoms with Gasteiger partial charge in [-0.25, -0.2) is 0 Å². The molecule has 36 heavy (non-hydrogen) atoms. The Morgan fingerprint density at radius 2 is 1.78 bits per heavy atom. The minimum atomic E-state index is -0.505. The van der Waals surface area contributed by atoms with Gasteiger partial charge >= 0.3 is 0 Å². The van der Waals surface area contributed by atoms with E-state index in [1.807, 2.05) is 47.4 Å². The predicted molar refractivity (Wildman–Crippen MR) is 137 cm³/mol. The zero-order valence-electron chi connectivity index (χ0n) is 20.4. The molecule has 0 radical (unpaired) electrons. The summed E-state index contributed by atoms with van der Waals surface area (Å²) in [6.07, 6.45) is 8.37. The summed E-state index contributed by atoms with van der Waals surface area (Å²) in [5.74, 6) is 1.23. The molecular formula is C29H31N3O4. The minimum Gasteiger partial charge on any atom is -0.493 e. The van der Waals surface area contributed by atoms with Gasteiger partial charge in [-0.1, -0.05) is 31.0 Å². The van der Waals surface area contributed by atoms with E-state index in [0.717, 1.165) is 31.2 Å². The lowest BCUT2D eigenvalue weighted by Crippen LogP contribution is -2.47. The van der Waals surface area contributed by atoms with Crippen LogP contribution in [0.4, 0.5) is 5.69 Å². The Hall–Kier alpha value is -3.87. The number of methoxy groups -OCH3 is 1. The third kappa shape index (κ3) is 5.05. The summed E-state index contributed by atoms with van der Waals surface area (Å²) < 4.78 is 11.4.